The summed E-state index contributed by atoms with van der Waals surface area (Å²) in [5.41, 5.74) is -0.549. The molecule has 0 amide bonds. The molecule has 1 aromatic rings. The van der Waals surface area contributed by atoms with E-state index in [2.05, 4.69) is 13.8 Å². The van der Waals surface area contributed by atoms with Crippen LogP contribution in [-0.2, 0) is 4.74 Å². The minimum absolute atomic E-state index is 0.175. The average molecular weight is 371 g/mol. The molecule has 5 heteroatoms. The van der Waals surface area contributed by atoms with Crippen molar-refractivity contribution in [2.75, 3.05) is 6.61 Å². The first-order valence-electron chi connectivity index (χ1n) is 8.82. The van der Waals surface area contributed by atoms with Crippen molar-refractivity contribution in [1.29, 1.82) is 0 Å². The summed E-state index contributed by atoms with van der Waals surface area (Å²) in [6.45, 7) is 10.2. The lowest BCUT2D eigenvalue weighted by molar-refractivity contribution is 0.00646. The third-order valence-electron chi connectivity index (χ3n) is 4.42. The van der Waals surface area contributed by atoms with Crippen LogP contribution in [0.15, 0.2) is 12.1 Å². The van der Waals surface area contributed by atoms with Crippen LogP contribution in [0.2, 0.25) is 5.02 Å². The summed E-state index contributed by atoms with van der Waals surface area (Å²) < 4.78 is 25.3. The summed E-state index contributed by atoms with van der Waals surface area (Å²) in [4.78, 5) is 12.1. The normalized spacial score (nSPS) is 20.2. The smallest absolute Gasteiger partial charge is 0.341 e. The molecule has 1 saturated carbocycles. The molecule has 1 aromatic carbocycles. The largest absolute Gasteiger partial charge is 0.492 e. The van der Waals surface area contributed by atoms with Crippen LogP contribution < -0.4 is 4.74 Å². The van der Waals surface area contributed by atoms with Crippen molar-refractivity contribution in [3.8, 4) is 5.75 Å². The van der Waals surface area contributed by atoms with Crippen LogP contribution in [0.4, 0.5) is 4.39 Å². The van der Waals surface area contributed by atoms with E-state index in [4.69, 9.17) is 21.1 Å². The molecule has 1 unspecified atom stereocenters. The van der Waals surface area contributed by atoms with E-state index in [0.717, 1.165) is 12.8 Å². The first kappa shape index (κ1) is 20.0. The van der Waals surface area contributed by atoms with Crippen molar-refractivity contribution in [3.63, 3.8) is 0 Å². The Bertz CT molecular complexity index is 635. The van der Waals surface area contributed by atoms with Crippen LogP contribution in [0.1, 0.15) is 70.7 Å². The second kappa shape index (κ2) is 7.53. The zero-order valence-corrected chi connectivity index (χ0v) is 16.5. The number of benzene rings is 1. The van der Waals surface area contributed by atoms with E-state index in [9.17, 15) is 9.18 Å². The highest BCUT2D eigenvalue weighted by Gasteiger charge is 2.28. The van der Waals surface area contributed by atoms with Crippen LogP contribution in [0, 0.1) is 17.2 Å². The predicted octanol–water partition coefficient (Wildman–Crippen LogP) is 6.03. The summed E-state index contributed by atoms with van der Waals surface area (Å²) >= 11 is 6.19. The van der Waals surface area contributed by atoms with Gasteiger partial charge in [-0.05, 0) is 57.4 Å². The van der Waals surface area contributed by atoms with E-state index in [1.54, 1.807) is 20.8 Å². The molecule has 1 aliphatic rings. The molecule has 0 saturated heterocycles. The molecule has 1 atom stereocenters. The van der Waals surface area contributed by atoms with Crippen molar-refractivity contribution >= 4 is 17.6 Å². The molecule has 25 heavy (non-hydrogen) atoms. The minimum atomic E-state index is -0.729. The molecule has 0 aromatic heterocycles. The van der Waals surface area contributed by atoms with E-state index >= 15 is 0 Å². The molecule has 0 aliphatic heterocycles. The van der Waals surface area contributed by atoms with Crippen LogP contribution in [0.3, 0.4) is 0 Å². The number of carbonyl (C=O) groups is 1. The van der Waals surface area contributed by atoms with Gasteiger partial charge in [-0.25, -0.2) is 9.18 Å². The first-order valence-corrected chi connectivity index (χ1v) is 9.20. The summed E-state index contributed by atoms with van der Waals surface area (Å²) in [7, 11) is 0. The Kier molecular flexibility index (Phi) is 6.03. The Morgan fingerprint density at radius 3 is 2.64 bits per heavy atom. The highest BCUT2D eigenvalue weighted by molar-refractivity contribution is 6.32. The van der Waals surface area contributed by atoms with Crippen LogP contribution >= 0.6 is 11.6 Å². The zero-order valence-electron chi connectivity index (χ0n) is 15.7. The highest BCUT2D eigenvalue weighted by Crippen LogP contribution is 2.39. The molecule has 1 fully saturated rings. The van der Waals surface area contributed by atoms with Crippen molar-refractivity contribution in [2.45, 2.75) is 65.9 Å². The molecular formula is C20H28ClFO3. The summed E-state index contributed by atoms with van der Waals surface area (Å²) in [6, 6.07) is 2.46. The van der Waals surface area contributed by atoms with Gasteiger partial charge in [0.2, 0.25) is 0 Å². The van der Waals surface area contributed by atoms with Crippen LogP contribution in [0.5, 0.6) is 5.75 Å². The van der Waals surface area contributed by atoms with Crippen LogP contribution in [-0.4, -0.2) is 18.2 Å². The number of carbonyl (C=O) groups excluding carboxylic acids is 1. The second-order valence-electron chi connectivity index (χ2n) is 8.70. The lowest BCUT2D eigenvalue weighted by atomic mass is 9.72. The Morgan fingerprint density at radius 2 is 2.04 bits per heavy atom. The van der Waals surface area contributed by atoms with Crippen LogP contribution in [0.25, 0.3) is 0 Å². The second-order valence-corrected chi connectivity index (χ2v) is 9.11. The third-order valence-corrected chi connectivity index (χ3v) is 4.72. The van der Waals surface area contributed by atoms with E-state index in [0.29, 0.717) is 17.9 Å². The molecule has 0 N–H and O–H groups in total. The van der Waals surface area contributed by atoms with E-state index < -0.39 is 17.4 Å². The maximum atomic E-state index is 14.3. The molecule has 0 heterocycles. The quantitative estimate of drug-likeness (QED) is 0.607. The SMILES string of the molecule is CC1(C)CCCC(COc2cc(F)c(C(=O)OC(C)(C)C)cc2Cl)C1. The maximum Gasteiger partial charge on any atom is 0.341 e. The van der Waals surface area contributed by atoms with Gasteiger partial charge in [0.15, 0.2) is 0 Å². The summed E-state index contributed by atoms with van der Waals surface area (Å²) in [5.74, 6) is -0.701. The Balaban J connectivity index is 2.05. The highest BCUT2D eigenvalue weighted by atomic mass is 35.5. The zero-order chi connectivity index (χ0) is 18.8. The molecule has 1 aliphatic carbocycles. The monoisotopic (exact) mass is 370 g/mol. The van der Waals surface area contributed by atoms with E-state index in [1.807, 2.05) is 0 Å². The fraction of sp³-hybridized carbons (Fsp3) is 0.650. The van der Waals surface area contributed by atoms with Gasteiger partial charge in [0.25, 0.3) is 0 Å². The molecule has 0 bridgehead atoms. The number of hydrogen-bond acceptors (Lipinski definition) is 3. The number of halogens is 2. The van der Waals surface area contributed by atoms with Gasteiger partial charge in [-0.2, -0.15) is 0 Å². The van der Waals surface area contributed by atoms with Gasteiger partial charge in [-0.3, -0.25) is 0 Å². The van der Waals surface area contributed by atoms with Gasteiger partial charge in [-0.1, -0.05) is 31.9 Å². The number of rotatable bonds is 4. The van der Waals surface area contributed by atoms with Gasteiger partial charge >= 0.3 is 5.97 Å². The van der Waals surface area contributed by atoms with Crippen molar-refractivity contribution in [2.24, 2.45) is 11.3 Å². The first-order chi connectivity index (χ1) is 11.5. The van der Waals surface area contributed by atoms with E-state index in [1.165, 1.54) is 25.0 Å². The topological polar surface area (TPSA) is 35.5 Å². The van der Waals surface area contributed by atoms with Gasteiger partial charge < -0.3 is 9.47 Å². The molecular weight excluding hydrogens is 343 g/mol. The number of esters is 1. The molecule has 0 spiro atoms. The summed E-state index contributed by atoms with van der Waals surface area (Å²) in [6.07, 6.45) is 4.60. The fourth-order valence-electron chi connectivity index (χ4n) is 3.33. The van der Waals surface area contributed by atoms with Gasteiger partial charge in [0.1, 0.15) is 17.2 Å². The van der Waals surface area contributed by atoms with Gasteiger partial charge in [0, 0.05) is 6.07 Å². The fourth-order valence-corrected chi connectivity index (χ4v) is 3.55. The lowest BCUT2D eigenvalue weighted by Gasteiger charge is -2.35. The van der Waals surface area contributed by atoms with Crippen molar-refractivity contribution in [3.05, 3.63) is 28.5 Å². The Hall–Kier alpha value is -1.29. The molecule has 2 rings (SSSR count). The maximum absolute atomic E-state index is 14.3. The molecule has 3 nitrogen and oxygen atoms in total. The lowest BCUT2D eigenvalue weighted by Crippen LogP contribution is -2.26. The van der Waals surface area contributed by atoms with Gasteiger partial charge in [0.05, 0.1) is 17.2 Å². The number of hydrogen-bond donors (Lipinski definition) is 0. The molecule has 140 valence electrons. The van der Waals surface area contributed by atoms with Crippen molar-refractivity contribution < 1.29 is 18.7 Å². The average Bonchev–Trinajstić information content (AvgIpc) is 2.45. The van der Waals surface area contributed by atoms with Crippen molar-refractivity contribution in [1.82, 2.24) is 0 Å². The standard InChI is InChI=1S/C20H28ClFO3/c1-19(2,3)25-18(23)14-9-15(21)17(10-16(14)22)24-12-13-7-6-8-20(4,5)11-13/h9-10,13H,6-8,11-12H2,1-5H3. The Morgan fingerprint density at radius 1 is 1.36 bits per heavy atom. The van der Waals surface area contributed by atoms with Gasteiger partial charge in [-0.15, -0.1) is 0 Å². The van der Waals surface area contributed by atoms with E-state index in [-0.39, 0.29) is 16.3 Å². The molecule has 0 radical (unpaired) electrons. The minimum Gasteiger partial charge on any atom is -0.492 e. The predicted molar refractivity (Wildman–Crippen MR) is 97.8 cm³/mol. The summed E-state index contributed by atoms with van der Waals surface area (Å²) in [5, 5.41) is 0.220. The Labute approximate surface area is 154 Å². The number of ether oxygens (including phenoxy) is 2. The third kappa shape index (κ3) is 5.88.